The van der Waals surface area contributed by atoms with Crippen LogP contribution in [-0.4, -0.2) is 16.1 Å². The first-order valence-electron chi connectivity index (χ1n) is 5.92. The molecule has 0 aromatic carbocycles. The molecule has 0 amide bonds. The van der Waals surface area contributed by atoms with Crippen LogP contribution in [0.25, 0.3) is 0 Å². The summed E-state index contributed by atoms with van der Waals surface area (Å²) >= 11 is 0. The highest BCUT2D eigenvalue weighted by Gasteiger charge is 2.22. The highest BCUT2D eigenvalue weighted by atomic mass is 19.1. The van der Waals surface area contributed by atoms with Gasteiger partial charge in [-0.05, 0) is 25.2 Å². The maximum atomic E-state index is 12.8. The van der Waals surface area contributed by atoms with Crippen molar-refractivity contribution >= 4 is 0 Å². The second-order valence-corrected chi connectivity index (χ2v) is 4.36. The van der Waals surface area contributed by atoms with Crippen molar-refractivity contribution in [1.29, 1.82) is 0 Å². The summed E-state index contributed by atoms with van der Waals surface area (Å²) < 4.78 is 18.5. The highest BCUT2D eigenvalue weighted by molar-refractivity contribution is 5.06. The standard InChI is InChI=1S/C12H17FN2O/c1-2-9-4-3-5-10(6-9)16-12-7-11(13)14-8-15-12/h7-10H,2-6H2,1H3. The summed E-state index contributed by atoms with van der Waals surface area (Å²) in [5.74, 6) is 0.563. The minimum atomic E-state index is -0.534. The molecular weight excluding hydrogens is 207 g/mol. The number of hydrogen-bond acceptors (Lipinski definition) is 3. The summed E-state index contributed by atoms with van der Waals surface area (Å²) in [7, 11) is 0. The van der Waals surface area contributed by atoms with Gasteiger partial charge in [-0.25, -0.2) is 9.97 Å². The van der Waals surface area contributed by atoms with E-state index in [-0.39, 0.29) is 6.10 Å². The molecule has 2 rings (SSSR count). The molecular formula is C12H17FN2O. The molecule has 1 saturated carbocycles. The average Bonchev–Trinajstić information content (AvgIpc) is 2.29. The Bertz CT molecular complexity index is 346. The van der Waals surface area contributed by atoms with Gasteiger partial charge in [0.15, 0.2) is 0 Å². The van der Waals surface area contributed by atoms with Crippen LogP contribution in [-0.2, 0) is 0 Å². The Morgan fingerprint density at radius 3 is 3.06 bits per heavy atom. The molecule has 2 atom stereocenters. The first-order valence-corrected chi connectivity index (χ1v) is 5.92. The van der Waals surface area contributed by atoms with Gasteiger partial charge in [0.25, 0.3) is 0 Å². The van der Waals surface area contributed by atoms with E-state index in [1.165, 1.54) is 31.7 Å². The van der Waals surface area contributed by atoms with Crippen molar-refractivity contribution < 1.29 is 9.13 Å². The van der Waals surface area contributed by atoms with Crippen molar-refractivity contribution in [1.82, 2.24) is 9.97 Å². The first kappa shape index (κ1) is 11.3. The van der Waals surface area contributed by atoms with Crippen LogP contribution in [0.1, 0.15) is 39.0 Å². The molecule has 0 radical (unpaired) electrons. The van der Waals surface area contributed by atoms with Crippen LogP contribution in [0.4, 0.5) is 4.39 Å². The van der Waals surface area contributed by atoms with E-state index in [9.17, 15) is 4.39 Å². The van der Waals surface area contributed by atoms with Gasteiger partial charge in [-0.3, -0.25) is 0 Å². The van der Waals surface area contributed by atoms with Crippen molar-refractivity contribution in [3.05, 3.63) is 18.3 Å². The van der Waals surface area contributed by atoms with Crippen molar-refractivity contribution in [3.8, 4) is 5.88 Å². The second-order valence-electron chi connectivity index (χ2n) is 4.36. The SMILES string of the molecule is CCC1CCCC(Oc2cc(F)ncn2)C1. The molecule has 4 heteroatoms. The van der Waals surface area contributed by atoms with Crippen molar-refractivity contribution in [2.45, 2.75) is 45.1 Å². The zero-order valence-corrected chi connectivity index (χ0v) is 9.53. The lowest BCUT2D eigenvalue weighted by Crippen LogP contribution is -2.25. The largest absolute Gasteiger partial charge is 0.474 e. The predicted molar refractivity (Wildman–Crippen MR) is 58.7 cm³/mol. The lowest BCUT2D eigenvalue weighted by molar-refractivity contribution is 0.116. The Morgan fingerprint density at radius 2 is 2.31 bits per heavy atom. The minimum Gasteiger partial charge on any atom is -0.474 e. The Balaban J connectivity index is 1.94. The van der Waals surface area contributed by atoms with E-state index in [1.807, 2.05) is 0 Å². The van der Waals surface area contributed by atoms with Gasteiger partial charge in [-0.15, -0.1) is 0 Å². The summed E-state index contributed by atoms with van der Waals surface area (Å²) in [6.45, 7) is 2.21. The quantitative estimate of drug-likeness (QED) is 0.740. The fourth-order valence-electron chi connectivity index (χ4n) is 2.27. The third-order valence-corrected chi connectivity index (χ3v) is 3.21. The molecule has 0 aliphatic heterocycles. The molecule has 88 valence electrons. The molecule has 1 aromatic heterocycles. The molecule has 0 bridgehead atoms. The van der Waals surface area contributed by atoms with Gasteiger partial charge < -0.3 is 4.74 Å². The summed E-state index contributed by atoms with van der Waals surface area (Å²) in [5.41, 5.74) is 0. The van der Waals surface area contributed by atoms with E-state index >= 15 is 0 Å². The molecule has 0 spiro atoms. The van der Waals surface area contributed by atoms with Gasteiger partial charge in [-0.2, -0.15) is 4.39 Å². The molecule has 1 heterocycles. The predicted octanol–water partition coefficient (Wildman–Crippen LogP) is 2.96. The van der Waals surface area contributed by atoms with E-state index in [0.717, 1.165) is 18.8 Å². The third kappa shape index (κ3) is 2.90. The molecule has 2 unspecified atom stereocenters. The molecule has 1 aliphatic carbocycles. The van der Waals surface area contributed by atoms with E-state index < -0.39 is 5.95 Å². The van der Waals surface area contributed by atoms with Crippen molar-refractivity contribution in [2.24, 2.45) is 5.92 Å². The minimum absolute atomic E-state index is 0.188. The topological polar surface area (TPSA) is 35.0 Å². The van der Waals surface area contributed by atoms with Gasteiger partial charge in [0.05, 0.1) is 6.07 Å². The fraction of sp³-hybridized carbons (Fsp3) is 0.667. The van der Waals surface area contributed by atoms with Gasteiger partial charge in [-0.1, -0.05) is 19.8 Å². The second kappa shape index (κ2) is 5.23. The maximum Gasteiger partial charge on any atom is 0.219 e. The number of halogens is 1. The van der Waals surface area contributed by atoms with E-state index in [0.29, 0.717) is 5.88 Å². The Hall–Kier alpha value is -1.19. The van der Waals surface area contributed by atoms with Crippen molar-refractivity contribution in [2.75, 3.05) is 0 Å². The molecule has 1 aliphatic rings. The number of ether oxygens (including phenoxy) is 1. The molecule has 0 N–H and O–H groups in total. The van der Waals surface area contributed by atoms with E-state index in [4.69, 9.17) is 4.74 Å². The van der Waals surface area contributed by atoms with Crippen LogP contribution in [0.5, 0.6) is 5.88 Å². The van der Waals surface area contributed by atoms with Crippen LogP contribution in [0.2, 0.25) is 0 Å². The first-order chi connectivity index (χ1) is 7.78. The summed E-state index contributed by atoms with van der Waals surface area (Å²) in [6, 6.07) is 1.25. The lowest BCUT2D eigenvalue weighted by Gasteiger charge is -2.28. The molecule has 16 heavy (non-hydrogen) atoms. The normalized spacial score (nSPS) is 25.4. The fourth-order valence-corrected chi connectivity index (χ4v) is 2.27. The zero-order chi connectivity index (χ0) is 11.4. The lowest BCUT2D eigenvalue weighted by atomic mass is 9.85. The van der Waals surface area contributed by atoms with Crippen LogP contribution < -0.4 is 4.74 Å². The number of nitrogens with zero attached hydrogens (tertiary/aromatic N) is 2. The van der Waals surface area contributed by atoms with Gasteiger partial charge in [0, 0.05) is 0 Å². The highest BCUT2D eigenvalue weighted by Crippen LogP contribution is 2.28. The van der Waals surface area contributed by atoms with E-state index in [2.05, 4.69) is 16.9 Å². The van der Waals surface area contributed by atoms with E-state index in [1.54, 1.807) is 0 Å². The zero-order valence-electron chi connectivity index (χ0n) is 9.53. The van der Waals surface area contributed by atoms with Gasteiger partial charge in [0.1, 0.15) is 12.4 Å². The van der Waals surface area contributed by atoms with Gasteiger partial charge >= 0.3 is 0 Å². The number of hydrogen-bond donors (Lipinski definition) is 0. The molecule has 0 saturated heterocycles. The van der Waals surface area contributed by atoms with Crippen LogP contribution in [0, 0.1) is 11.9 Å². The maximum absolute atomic E-state index is 12.8. The van der Waals surface area contributed by atoms with Crippen LogP contribution >= 0.6 is 0 Å². The number of rotatable bonds is 3. The van der Waals surface area contributed by atoms with Crippen LogP contribution in [0.15, 0.2) is 12.4 Å². The van der Waals surface area contributed by atoms with Gasteiger partial charge in [0.2, 0.25) is 11.8 Å². The number of aromatic nitrogens is 2. The average molecular weight is 224 g/mol. The Labute approximate surface area is 95.1 Å². The third-order valence-electron chi connectivity index (χ3n) is 3.21. The molecule has 3 nitrogen and oxygen atoms in total. The summed E-state index contributed by atoms with van der Waals surface area (Å²) in [6.07, 6.45) is 7.16. The van der Waals surface area contributed by atoms with Crippen molar-refractivity contribution in [3.63, 3.8) is 0 Å². The summed E-state index contributed by atoms with van der Waals surface area (Å²) in [5, 5.41) is 0. The smallest absolute Gasteiger partial charge is 0.219 e. The molecule has 1 aromatic rings. The molecule has 1 fully saturated rings. The monoisotopic (exact) mass is 224 g/mol. The summed E-state index contributed by atoms with van der Waals surface area (Å²) in [4.78, 5) is 7.32. The Morgan fingerprint density at radius 1 is 1.44 bits per heavy atom. The Kier molecular flexibility index (Phi) is 3.70. The van der Waals surface area contributed by atoms with Crippen LogP contribution in [0.3, 0.4) is 0 Å².